The number of nitrogens with zero attached hydrogens (tertiary/aromatic N) is 2. The number of nitriles is 1. The third-order valence-electron chi connectivity index (χ3n) is 3.56. The first-order valence-electron chi connectivity index (χ1n) is 7.12. The van der Waals surface area contributed by atoms with Crippen LogP contribution in [0.5, 0.6) is 0 Å². The lowest BCUT2D eigenvalue weighted by atomic mass is 10.0. The van der Waals surface area contributed by atoms with Crippen molar-refractivity contribution in [1.82, 2.24) is 4.57 Å². The van der Waals surface area contributed by atoms with Crippen molar-refractivity contribution in [2.24, 2.45) is 7.05 Å². The standard InChI is InChI=1S/C19H14N2OS/c1-21-18(11-12-20)23-17(19(21)22)13-14-7-9-16(10-8-14)15-5-3-2-4-6-15/h2-11,13H,1H3/b17-13+,18-11-. The van der Waals surface area contributed by atoms with E-state index in [1.54, 1.807) is 7.05 Å². The number of thiazole rings is 1. The van der Waals surface area contributed by atoms with Gasteiger partial charge in [-0.05, 0) is 22.8 Å². The molecule has 112 valence electrons. The minimum absolute atomic E-state index is 0.0800. The Morgan fingerprint density at radius 3 is 2.35 bits per heavy atom. The molecular formula is C19H14N2OS. The van der Waals surface area contributed by atoms with Gasteiger partial charge < -0.3 is 4.57 Å². The zero-order chi connectivity index (χ0) is 16.2. The summed E-state index contributed by atoms with van der Waals surface area (Å²) in [6.45, 7) is 0. The van der Waals surface area contributed by atoms with Crippen molar-refractivity contribution in [3.63, 3.8) is 0 Å². The van der Waals surface area contributed by atoms with Gasteiger partial charge >= 0.3 is 0 Å². The number of benzene rings is 2. The van der Waals surface area contributed by atoms with Crippen LogP contribution in [0.4, 0.5) is 0 Å². The van der Waals surface area contributed by atoms with Gasteiger partial charge in [-0.15, -0.1) is 11.3 Å². The molecule has 3 rings (SSSR count). The summed E-state index contributed by atoms with van der Waals surface area (Å²) in [5, 5.41) is 8.75. The lowest BCUT2D eigenvalue weighted by molar-refractivity contribution is 0.857. The average Bonchev–Trinajstić information content (AvgIpc) is 2.85. The first-order chi connectivity index (χ1) is 11.2. The topological polar surface area (TPSA) is 45.8 Å². The van der Waals surface area contributed by atoms with E-state index in [0.29, 0.717) is 9.20 Å². The van der Waals surface area contributed by atoms with Crippen LogP contribution in [0.1, 0.15) is 5.56 Å². The number of hydrogen-bond donors (Lipinski definition) is 0. The molecule has 3 nitrogen and oxygen atoms in total. The fourth-order valence-electron chi connectivity index (χ4n) is 2.32. The van der Waals surface area contributed by atoms with Crippen molar-refractivity contribution in [3.05, 3.63) is 79.7 Å². The van der Waals surface area contributed by atoms with Crippen LogP contribution < -0.4 is 14.8 Å². The van der Waals surface area contributed by atoms with E-state index in [4.69, 9.17) is 5.26 Å². The number of rotatable bonds is 2. The molecule has 1 aromatic heterocycles. The summed E-state index contributed by atoms with van der Waals surface area (Å²) in [5.41, 5.74) is 3.19. The predicted octanol–water partition coefficient (Wildman–Crippen LogP) is 2.25. The zero-order valence-electron chi connectivity index (χ0n) is 12.6. The van der Waals surface area contributed by atoms with Gasteiger partial charge in [0.2, 0.25) is 0 Å². The van der Waals surface area contributed by atoms with Gasteiger partial charge in [-0.25, -0.2) is 0 Å². The number of aromatic nitrogens is 1. The van der Waals surface area contributed by atoms with Crippen LogP contribution in [0.2, 0.25) is 0 Å². The Bertz CT molecular complexity index is 1040. The third-order valence-corrected chi connectivity index (χ3v) is 4.68. The maximum Gasteiger partial charge on any atom is 0.268 e. The highest BCUT2D eigenvalue weighted by molar-refractivity contribution is 7.07. The summed E-state index contributed by atoms with van der Waals surface area (Å²) < 4.78 is 2.78. The third kappa shape index (κ3) is 3.15. The van der Waals surface area contributed by atoms with Gasteiger partial charge in [0.25, 0.3) is 5.56 Å². The van der Waals surface area contributed by atoms with Crippen LogP contribution >= 0.6 is 11.3 Å². The van der Waals surface area contributed by atoms with Crippen LogP contribution in [0.15, 0.2) is 59.4 Å². The Hall–Kier alpha value is -2.90. The highest BCUT2D eigenvalue weighted by Crippen LogP contribution is 2.19. The summed E-state index contributed by atoms with van der Waals surface area (Å²) >= 11 is 1.32. The second kappa shape index (κ2) is 6.47. The molecule has 3 aromatic rings. The Balaban J connectivity index is 2.02. The molecule has 0 N–H and O–H groups in total. The lowest BCUT2D eigenvalue weighted by Crippen LogP contribution is -2.28. The molecule has 23 heavy (non-hydrogen) atoms. The van der Waals surface area contributed by atoms with Crippen molar-refractivity contribution < 1.29 is 0 Å². The van der Waals surface area contributed by atoms with Crippen LogP contribution in [-0.4, -0.2) is 4.57 Å². The second-order valence-corrected chi connectivity index (χ2v) is 6.14. The van der Waals surface area contributed by atoms with Crippen LogP contribution in [0.3, 0.4) is 0 Å². The van der Waals surface area contributed by atoms with Crippen molar-refractivity contribution >= 4 is 23.5 Å². The van der Waals surface area contributed by atoms with Crippen molar-refractivity contribution in [3.8, 4) is 17.2 Å². The predicted molar refractivity (Wildman–Crippen MR) is 94.3 cm³/mol. The van der Waals surface area contributed by atoms with Gasteiger partial charge in [0, 0.05) is 13.1 Å². The maximum absolute atomic E-state index is 12.2. The van der Waals surface area contributed by atoms with Crippen molar-refractivity contribution in [1.29, 1.82) is 5.26 Å². The molecule has 0 aliphatic heterocycles. The smallest absolute Gasteiger partial charge is 0.268 e. The van der Waals surface area contributed by atoms with Crippen molar-refractivity contribution in [2.45, 2.75) is 0 Å². The molecule has 0 fully saturated rings. The Morgan fingerprint density at radius 1 is 1.04 bits per heavy atom. The monoisotopic (exact) mass is 318 g/mol. The summed E-state index contributed by atoms with van der Waals surface area (Å²) in [4.78, 5) is 12.2. The van der Waals surface area contributed by atoms with E-state index >= 15 is 0 Å². The fourth-order valence-corrected chi connectivity index (χ4v) is 3.29. The molecule has 0 aliphatic rings. The molecule has 0 spiro atoms. The van der Waals surface area contributed by atoms with Crippen LogP contribution in [0.25, 0.3) is 23.3 Å². The van der Waals surface area contributed by atoms with E-state index < -0.39 is 0 Å². The van der Waals surface area contributed by atoms with E-state index in [2.05, 4.69) is 12.1 Å². The Kier molecular flexibility index (Phi) is 4.22. The quantitative estimate of drug-likeness (QED) is 0.727. The molecule has 0 unspecified atom stereocenters. The first-order valence-corrected chi connectivity index (χ1v) is 7.93. The van der Waals surface area contributed by atoms with Crippen LogP contribution in [0, 0.1) is 11.3 Å². The molecule has 0 amide bonds. The molecule has 1 heterocycles. The second-order valence-electron chi connectivity index (χ2n) is 5.07. The van der Waals surface area contributed by atoms with Crippen LogP contribution in [-0.2, 0) is 7.05 Å². The minimum Gasteiger partial charge on any atom is -0.301 e. The number of hydrogen-bond acceptors (Lipinski definition) is 3. The van der Waals surface area contributed by atoms with Gasteiger partial charge in [-0.1, -0.05) is 54.6 Å². The van der Waals surface area contributed by atoms with Gasteiger partial charge in [0.15, 0.2) is 0 Å². The molecule has 0 radical (unpaired) electrons. The SMILES string of the molecule is Cn1c(=O)/c(=C\c2ccc(-c3ccccc3)cc2)s/c1=C\C#N. The first kappa shape index (κ1) is 15.0. The van der Waals surface area contributed by atoms with E-state index in [1.165, 1.54) is 22.0 Å². The van der Waals surface area contributed by atoms with Gasteiger partial charge in [0.1, 0.15) is 4.66 Å². The summed E-state index contributed by atoms with van der Waals surface area (Å²) in [7, 11) is 1.68. The zero-order valence-corrected chi connectivity index (χ0v) is 13.4. The highest BCUT2D eigenvalue weighted by atomic mass is 32.1. The van der Waals surface area contributed by atoms with Gasteiger partial charge in [-0.3, -0.25) is 4.79 Å². The Morgan fingerprint density at radius 2 is 1.70 bits per heavy atom. The summed E-state index contributed by atoms with van der Waals surface area (Å²) in [6.07, 6.45) is 3.25. The van der Waals surface area contributed by atoms with Gasteiger partial charge in [0.05, 0.1) is 10.6 Å². The normalized spacial score (nSPS) is 12.3. The molecule has 0 aliphatic carbocycles. The molecule has 2 aromatic carbocycles. The van der Waals surface area contributed by atoms with E-state index in [-0.39, 0.29) is 5.56 Å². The maximum atomic E-state index is 12.2. The summed E-state index contributed by atoms with van der Waals surface area (Å²) in [5.74, 6) is 0. The lowest BCUT2D eigenvalue weighted by Gasteiger charge is -2.01. The average molecular weight is 318 g/mol. The molecule has 4 heteroatoms. The van der Waals surface area contributed by atoms with E-state index in [0.717, 1.165) is 16.7 Å². The van der Waals surface area contributed by atoms with E-state index in [9.17, 15) is 4.79 Å². The van der Waals surface area contributed by atoms with Crippen molar-refractivity contribution in [2.75, 3.05) is 0 Å². The summed E-state index contributed by atoms with van der Waals surface area (Å²) in [6, 6.07) is 20.2. The molecular weight excluding hydrogens is 304 g/mol. The molecule has 0 atom stereocenters. The van der Waals surface area contributed by atoms with Gasteiger partial charge in [-0.2, -0.15) is 5.26 Å². The Labute approximate surface area is 137 Å². The largest absolute Gasteiger partial charge is 0.301 e. The molecule has 0 bridgehead atoms. The molecule has 0 saturated heterocycles. The molecule has 0 saturated carbocycles. The van der Waals surface area contributed by atoms with E-state index in [1.807, 2.05) is 54.6 Å². The minimum atomic E-state index is -0.0800. The fraction of sp³-hybridized carbons (Fsp3) is 0.0526. The highest BCUT2D eigenvalue weighted by Gasteiger charge is 2.01.